The molecule has 0 aliphatic heterocycles. The number of nitrogens with zero attached hydrogens (tertiary/aromatic N) is 4. The Hall–Kier alpha value is -4.05. The van der Waals surface area contributed by atoms with Crippen LogP contribution in [0.25, 0.3) is 34.0 Å². The second kappa shape index (κ2) is 11.0. The maximum absolute atomic E-state index is 12.4. The molecule has 2 heterocycles. The van der Waals surface area contributed by atoms with E-state index in [-0.39, 0.29) is 11.0 Å². The number of benzene rings is 2. The van der Waals surface area contributed by atoms with Crippen molar-refractivity contribution >= 4 is 15.9 Å². The molecule has 0 N–H and O–H groups in total. The van der Waals surface area contributed by atoms with Gasteiger partial charge in [-0.05, 0) is 52.3 Å². The van der Waals surface area contributed by atoms with Gasteiger partial charge in [-0.15, -0.1) is 0 Å². The molecular weight excluding hydrogens is 516 g/mol. The van der Waals surface area contributed by atoms with E-state index >= 15 is 0 Å². The van der Waals surface area contributed by atoms with Crippen molar-refractivity contribution in [1.29, 1.82) is 0 Å². The zero-order valence-corrected chi connectivity index (χ0v) is 23.7. The molecule has 2 aromatic carbocycles. The van der Waals surface area contributed by atoms with Gasteiger partial charge >= 0.3 is 6.09 Å². The summed E-state index contributed by atoms with van der Waals surface area (Å²) in [5.74, 6) is 0.451. The van der Waals surface area contributed by atoms with Gasteiger partial charge in [0.1, 0.15) is 17.0 Å². The first-order chi connectivity index (χ1) is 18.3. The Bertz CT molecular complexity index is 1550. The predicted octanol–water partition coefficient (Wildman–Crippen LogP) is 6.01. The van der Waals surface area contributed by atoms with E-state index in [9.17, 15) is 13.2 Å². The Balaban J connectivity index is 1.48. The number of carbonyl (C=O) groups excluding carboxylic acids is 1. The summed E-state index contributed by atoms with van der Waals surface area (Å²) in [6, 6.07) is 16.1. The zero-order valence-electron chi connectivity index (χ0n) is 22.9. The molecule has 0 saturated carbocycles. The lowest BCUT2D eigenvalue weighted by Gasteiger charge is -2.24. The summed E-state index contributed by atoms with van der Waals surface area (Å²) in [6.45, 7) is 9.22. The zero-order chi connectivity index (χ0) is 28.4. The van der Waals surface area contributed by atoms with Crippen LogP contribution in [0, 0.1) is 0 Å². The Morgan fingerprint density at radius 2 is 1.54 bits per heavy atom. The summed E-state index contributed by atoms with van der Waals surface area (Å²) in [5.41, 5.74) is 3.69. The predicted molar refractivity (Wildman–Crippen MR) is 148 cm³/mol. The van der Waals surface area contributed by atoms with Crippen molar-refractivity contribution in [2.24, 2.45) is 0 Å². The first-order valence-corrected chi connectivity index (χ1v) is 14.0. The largest absolute Gasteiger partial charge is 0.444 e. The fraction of sp³-hybridized carbons (Fsp3) is 0.310. The maximum Gasteiger partial charge on any atom is 0.410 e. The first kappa shape index (κ1) is 28.0. The highest BCUT2D eigenvalue weighted by atomic mass is 32.2. The van der Waals surface area contributed by atoms with Crippen molar-refractivity contribution in [1.82, 2.24) is 20.0 Å². The van der Waals surface area contributed by atoms with E-state index in [1.807, 2.05) is 45.0 Å². The van der Waals surface area contributed by atoms with E-state index in [2.05, 4.69) is 15.1 Å². The minimum atomic E-state index is -3.35. The molecule has 0 bridgehead atoms. The minimum Gasteiger partial charge on any atom is -0.444 e. The molecule has 0 aliphatic carbocycles. The van der Waals surface area contributed by atoms with Gasteiger partial charge in [-0.1, -0.05) is 41.6 Å². The molecule has 204 valence electrons. The van der Waals surface area contributed by atoms with Crippen LogP contribution in [0.3, 0.4) is 0 Å². The number of ether oxygens (including phenoxy) is 1. The maximum atomic E-state index is 12.4. The van der Waals surface area contributed by atoms with Crippen LogP contribution in [0.1, 0.15) is 40.2 Å². The number of rotatable bonds is 7. The molecule has 0 radical (unpaired) electrons. The third-order valence-corrected chi connectivity index (χ3v) is 8.04. The van der Waals surface area contributed by atoms with Crippen LogP contribution in [0.15, 0.2) is 76.4 Å². The van der Waals surface area contributed by atoms with E-state index in [0.29, 0.717) is 29.4 Å². The van der Waals surface area contributed by atoms with Gasteiger partial charge in [-0.2, -0.15) is 0 Å². The molecule has 1 amide bonds. The molecule has 10 heteroatoms. The molecule has 4 aromatic rings. The fourth-order valence-corrected chi connectivity index (χ4v) is 4.76. The van der Waals surface area contributed by atoms with Crippen molar-refractivity contribution in [2.75, 3.05) is 7.05 Å². The van der Waals surface area contributed by atoms with E-state index in [1.54, 1.807) is 63.6 Å². The van der Waals surface area contributed by atoms with Crippen LogP contribution >= 0.6 is 0 Å². The molecule has 0 fully saturated rings. The lowest BCUT2D eigenvalue weighted by Crippen LogP contribution is -2.33. The lowest BCUT2D eigenvalue weighted by atomic mass is 10.1. The monoisotopic (exact) mass is 548 g/mol. The van der Waals surface area contributed by atoms with Crippen molar-refractivity contribution in [2.45, 2.75) is 56.9 Å². The topological polar surface area (TPSA) is 115 Å². The molecule has 0 saturated heterocycles. The highest BCUT2D eigenvalue weighted by Gasteiger charge is 2.21. The standard InChI is InChI=1S/C29H32N4O5S/c1-19(2)39(35,36)23-13-11-22(12-14-23)25-16-30-17-26(31-25)27-15-24(32-38-27)21-9-7-20(8-10-21)18-33(6)28(34)37-29(3,4)5/h7-17,19H,18H2,1-6H3. The molecule has 4 rings (SSSR count). The number of sulfone groups is 1. The number of hydrogen-bond acceptors (Lipinski definition) is 8. The van der Waals surface area contributed by atoms with Crippen LogP contribution in [-0.4, -0.2) is 52.4 Å². The van der Waals surface area contributed by atoms with Gasteiger partial charge in [0.15, 0.2) is 15.6 Å². The average Bonchev–Trinajstić information content (AvgIpc) is 3.39. The lowest BCUT2D eigenvalue weighted by molar-refractivity contribution is 0.0285. The van der Waals surface area contributed by atoms with Gasteiger partial charge in [0.05, 0.1) is 28.2 Å². The summed E-state index contributed by atoms with van der Waals surface area (Å²) in [7, 11) is -1.65. The van der Waals surface area contributed by atoms with E-state index in [1.165, 1.54) is 4.90 Å². The third-order valence-electron chi connectivity index (χ3n) is 5.87. The molecule has 0 spiro atoms. The normalized spacial score (nSPS) is 12.0. The van der Waals surface area contributed by atoms with Gasteiger partial charge < -0.3 is 14.2 Å². The van der Waals surface area contributed by atoms with E-state index < -0.39 is 20.7 Å². The number of aromatic nitrogens is 3. The Morgan fingerprint density at radius 3 is 2.15 bits per heavy atom. The van der Waals surface area contributed by atoms with Crippen LogP contribution in [0.4, 0.5) is 4.79 Å². The number of carbonyl (C=O) groups is 1. The molecule has 0 atom stereocenters. The molecule has 2 aromatic heterocycles. The summed E-state index contributed by atoms with van der Waals surface area (Å²) in [4.78, 5) is 22.9. The smallest absolute Gasteiger partial charge is 0.410 e. The van der Waals surface area contributed by atoms with Gasteiger partial charge in [0, 0.05) is 30.8 Å². The van der Waals surface area contributed by atoms with Gasteiger partial charge in [0.2, 0.25) is 0 Å². The van der Waals surface area contributed by atoms with Crippen molar-refractivity contribution < 1.29 is 22.5 Å². The summed E-state index contributed by atoms with van der Waals surface area (Å²) in [5, 5.41) is 3.69. The highest BCUT2D eigenvalue weighted by molar-refractivity contribution is 7.92. The van der Waals surface area contributed by atoms with Crippen LogP contribution < -0.4 is 0 Å². The van der Waals surface area contributed by atoms with Crippen LogP contribution in [0.2, 0.25) is 0 Å². The number of amides is 1. The molecule has 39 heavy (non-hydrogen) atoms. The van der Waals surface area contributed by atoms with Crippen LogP contribution in [-0.2, 0) is 21.1 Å². The molecule has 9 nitrogen and oxygen atoms in total. The molecule has 0 aliphatic rings. The number of hydrogen-bond donors (Lipinski definition) is 0. The van der Waals surface area contributed by atoms with Gasteiger partial charge in [0.25, 0.3) is 0 Å². The third kappa shape index (κ3) is 6.69. The van der Waals surface area contributed by atoms with Crippen molar-refractivity contribution in [3.63, 3.8) is 0 Å². The highest BCUT2D eigenvalue weighted by Crippen LogP contribution is 2.27. The summed E-state index contributed by atoms with van der Waals surface area (Å²) in [6.07, 6.45) is 2.81. The summed E-state index contributed by atoms with van der Waals surface area (Å²) >= 11 is 0. The van der Waals surface area contributed by atoms with Crippen LogP contribution in [0.5, 0.6) is 0 Å². The Labute approximate surface area is 228 Å². The average molecular weight is 549 g/mol. The van der Waals surface area contributed by atoms with E-state index in [4.69, 9.17) is 9.26 Å². The summed E-state index contributed by atoms with van der Waals surface area (Å²) < 4.78 is 35.8. The van der Waals surface area contributed by atoms with Gasteiger partial charge in [-0.25, -0.2) is 18.2 Å². The fourth-order valence-electron chi connectivity index (χ4n) is 3.70. The van der Waals surface area contributed by atoms with E-state index in [0.717, 1.165) is 16.7 Å². The quantitative estimate of drug-likeness (QED) is 0.276. The van der Waals surface area contributed by atoms with Gasteiger partial charge in [-0.3, -0.25) is 4.98 Å². The van der Waals surface area contributed by atoms with Crippen molar-refractivity contribution in [3.05, 3.63) is 72.6 Å². The molecule has 0 unspecified atom stereocenters. The van der Waals surface area contributed by atoms with Crippen molar-refractivity contribution in [3.8, 4) is 34.0 Å². The Morgan fingerprint density at radius 1 is 0.949 bits per heavy atom. The second-order valence-electron chi connectivity index (χ2n) is 10.5. The second-order valence-corrected chi connectivity index (χ2v) is 13.0. The SMILES string of the molecule is CC(C)S(=O)(=O)c1ccc(-c2cncc(-c3cc(-c4ccc(CN(C)C(=O)OC(C)(C)C)cc4)no3)n2)cc1. The minimum absolute atomic E-state index is 0.271. The first-order valence-electron chi connectivity index (χ1n) is 12.5. The Kier molecular flexibility index (Phi) is 7.87. The molecular formula is C29H32N4O5S.